The van der Waals surface area contributed by atoms with E-state index in [1.54, 1.807) is 20.2 Å². The monoisotopic (exact) mass is 309 g/mol. The SMILES string of the molecule is CNCc1c(S(=O)(=O)NCc2ncccc2C)n[nH]c1C. The third kappa shape index (κ3) is 3.46. The molecular formula is C13H19N5O2S. The van der Waals surface area contributed by atoms with E-state index < -0.39 is 10.0 Å². The van der Waals surface area contributed by atoms with E-state index in [4.69, 9.17) is 0 Å². The Labute approximate surface area is 124 Å². The number of H-pyrrole nitrogens is 1. The van der Waals surface area contributed by atoms with Crippen LogP contribution >= 0.6 is 0 Å². The van der Waals surface area contributed by atoms with Crippen LogP contribution < -0.4 is 10.0 Å². The molecule has 2 aromatic heterocycles. The predicted molar refractivity (Wildman–Crippen MR) is 79.1 cm³/mol. The van der Waals surface area contributed by atoms with Gasteiger partial charge in [0.25, 0.3) is 10.0 Å². The van der Waals surface area contributed by atoms with E-state index in [1.165, 1.54) is 0 Å². The number of aryl methyl sites for hydroxylation is 2. The van der Waals surface area contributed by atoms with Gasteiger partial charge >= 0.3 is 0 Å². The van der Waals surface area contributed by atoms with Gasteiger partial charge in [0.05, 0.1) is 12.2 Å². The average Bonchev–Trinajstić information content (AvgIpc) is 2.81. The van der Waals surface area contributed by atoms with Gasteiger partial charge in [0.1, 0.15) is 0 Å². The van der Waals surface area contributed by atoms with Gasteiger partial charge < -0.3 is 5.32 Å². The van der Waals surface area contributed by atoms with Crippen molar-refractivity contribution in [3.05, 3.63) is 40.8 Å². The Morgan fingerprint density at radius 2 is 2.05 bits per heavy atom. The largest absolute Gasteiger partial charge is 0.316 e. The third-order valence-corrected chi connectivity index (χ3v) is 4.56. The number of nitrogens with one attached hydrogen (secondary N) is 3. The molecule has 114 valence electrons. The maximum Gasteiger partial charge on any atom is 0.260 e. The van der Waals surface area contributed by atoms with Gasteiger partial charge in [0, 0.05) is 24.0 Å². The van der Waals surface area contributed by atoms with Gasteiger partial charge in [-0.1, -0.05) is 6.07 Å². The van der Waals surface area contributed by atoms with Crippen molar-refractivity contribution < 1.29 is 8.42 Å². The first-order valence-electron chi connectivity index (χ1n) is 6.54. The van der Waals surface area contributed by atoms with Crippen LogP contribution in [-0.2, 0) is 23.1 Å². The molecule has 0 aliphatic carbocycles. The van der Waals surface area contributed by atoms with Crippen molar-refractivity contribution in [3.8, 4) is 0 Å². The molecule has 0 fully saturated rings. The summed E-state index contributed by atoms with van der Waals surface area (Å²) in [4.78, 5) is 4.17. The fraction of sp³-hybridized carbons (Fsp3) is 0.385. The molecule has 0 saturated heterocycles. The van der Waals surface area contributed by atoms with Gasteiger partial charge in [0.2, 0.25) is 0 Å². The highest BCUT2D eigenvalue weighted by molar-refractivity contribution is 7.89. The molecule has 0 radical (unpaired) electrons. The predicted octanol–water partition coefficient (Wildman–Crippen LogP) is 0.619. The second-order valence-electron chi connectivity index (χ2n) is 4.75. The smallest absolute Gasteiger partial charge is 0.260 e. The first-order valence-corrected chi connectivity index (χ1v) is 8.02. The van der Waals surface area contributed by atoms with Gasteiger partial charge in [-0.05, 0) is 32.5 Å². The van der Waals surface area contributed by atoms with Crippen molar-refractivity contribution in [2.75, 3.05) is 7.05 Å². The Kier molecular flexibility index (Phi) is 4.71. The summed E-state index contributed by atoms with van der Waals surface area (Å²) >= 11 is 0. The standard InChI is InChI=1S/C13H19N5O2S/c1-9-5-4-6-15-12(9)8-16-21(19,20)13-11(7-14-3)10(2)17-18-13/h4-6,14,16H,7-8H2,1-3H3,(H,17,18). The number of nitrogens with zero attached hydrogens (tertiary/aromatic N) is 2. The maximum atomic E-state index is 12.4. The van der Waals surface area contributed by atoms with Crippen molar-refractivity contribution in [1.82, 2.24) is 25.2 Å². The minimum atomic E-state index is -3.68. The Balaban J connectivity index is 2.21. The van der Waals surface area contributed by atoms with Crippen LogP contribution in [0.1, 0.15) is 22.5 Å². The summed E-state index contributed by atoms with van der Waals surface area (Å²) in [5.41, 5.74) is 3.01. The highest BCUT2D eigenvalue weighted by Crippen LogP contribution is 2.16. The van der Waals surface area contributed by atoms with Crippen LogP contribution in [0.15, 0.2) is 23.4 Å². The van der Waals surface area contributed by atoms with Crippen LogP contribution in [0, 0.1) is 13.8 Å². The number of rotatable bonds is 6. The quantitative estimate of drug-likeness (QED) is 0.726. The van der Waals surface area contributed by atoms with Gasteiger partial charge in [-0.25, -0.2) is 13.1 Å². The summed E-state index contributed by atoms with van der Waals surface area (Å²) < 4.78 is 27.3. The normalized spacial score (nSPS) is 11.8. The first-order chi connectivity index (χ1) is 9.95. The van der Waals surface area contributed by atoms with Gasteiger partial charge in [-0.3, -0.25) is 10.1 Å². The summed E-state index contributed by atoms with van der Waals surface area (Å²) in [6, 6.07) is 3.71. The Bertz CT molecular complexity index is 724. The zero-order valence-electron chi connectivity index (χ0n) is 12.3. The van der Waals surface area contributed by atoms with Crippen LogP contribution in [0.25, 0.3) is 0 Å². The number of aromatic amines is 1. The summed E-state index contributed by atoms with van der Waals surface area (Å²) in [6.07, 6.45) is 1.64. The van der Waals surface area contributed by atoms with Gasteiger partial charge in [-0.15, -0.1) is 0 Å². The summed E-state index contributed by atoms with van der Waals surface area (Å²) in [5, 5.41) is 9.59. The zero-order chi connectivity index (χ0) is 15.5. The Hall–Kier alpha value is -1.77. The van der Waals surface area contributed by atoms with E-state index in [1.807, 2.05) is 19.1 Å². The Morgan fingerprint density at radius 1 is 1.29 bits per heavy atom. The number of hydrogen-bond donors (Lipinski definition) is 3. The molecule has 0 unspecified atom stereocenters. The number of sulfonamides is 1. The van der Waals surface area contributed by atoms with Gasteiger partial charge in [0.15, 0.2) is 5.03 Å². The molecule has 8 heteroatoms. The minimum absolute atomic E-state index is 0.0305. The van der Waals surface area contributed by atoms with Crippen molar-refractivity contribution in [3.63, 3.8) is 0 Å². The third-order valence-electron chi connectivity index (χ3n) is 3.19. The topological polar surface area (TPSA) is 99.8 Å². The van der Waals surface area contributed by atoms with Crippen molar-refractivity contribution in [2.45, 2.75) is 32.0 Å². The lowest BCUT2D eigenvalue weighted by Crippen LogP contribution is -2.26. The molecule has 0 aromatic carbocycles. The molecule has 3 N–H and O–H groups in total. The lowest BCUT2D eigenvalue weighted by atomic mass is 10.2. The lowest BCUT2D eigenvalue weighted by Gasteiger charge is -2.08. The highest BCUT2D eigenvalue weighted by atomic mass is 32.2. The molecular weight excluding hydrogens is 290 g/mol. The molecule has 0 saturated carbocycles. The van der Waals surface area contributed by atoms with Crippen LogP contribution in [0.5, 0.6) is 0 Å². The van der Waals surface area contributed by atoms with Crippen molar-refractivity contribution in [1.29, 1.82) is 0 Å². The molecule has 0 amide bonds. The van der Waals surface area contributed by atoms with E-state index >= 15 is 0 Å². The van der Waals surface area contributed by atoms with E-state index in [2.05, 4.69) is 25.2 Å². The minimum Gasteiger partial charge on any atom is -0.316 e. The second kappa shape index (κ2) is 6.33. The summed E-state index contributed by atoms with van der Waals surface area (Å²) in [7, 11) is -1.92. The molecule has 0 spiro atoms. The van der Waals surface area contributed by atoms with Crippen molar-refractivity contribution >= 4 is 10.0 Å². The Morgan fingerprint density at radius 3 is 2.71 bits per heavy atom. The molecule has 0 aliphatic heterocycles. The van der Waals surface area contributed by atoms with E-state index in [9.17, 15) is 8.42 Å². The van der Waals surface area contributed by atoms with Crippen LogP contribution in [0.4, 0.5) is 0 Å². The van der Waals surface area contributed by atoms with E-state index in [0.29, 0.717) is 17.8 Å². The van der Waals surface area contributed by atoms with Crippen LogP contribution in [-0.4, -0.2) is 30.6 Å². The van der Waals surface area contributed by atoms with E-state index in [-0.39, 0.29) is 11.6 Å². The fourth-order valence-corrected chi connectivity index (χ4v) is 3.15. The summed E-state index contributed by atoms with van der Waals surface area (Å²) in [5.74, 6) is 0. The summed E-state index contributed by atoms with van der Waals surface area (Å²) in [6.45, 7) is 4.25. The molecule has 0 aliphatic rings. The fourth-order valence-electron chi connectivity index (χ4n) is 1.97. The number of aromatic nitrogens is 3. The first kappa shape index (κ1) is 15.6. The van der Waals surface area contributed by atoms with Gasteiger partial charge in [-0.2, -0.15) is 5.10 Å². The zero-order valence-corrected chi connectivity index (χ0v) is 13.1. The van der Waals surface area contributed by atoms with Crippen LogP contribution in [0.2, 0.25) is 0 Å². The average molecular weight is 309 g/mol. The molecule has 7 nitrogen and oxygen atoms in total. The lowest BCUT2D eigenvalue weighted by molar-refractivity contribution is 0.573. The molecule has 0 atom stereocenters. The molecule has 2 heterocycles. The van der Waals surface area contributed by atoms with E-state index in [0.717, 1.165) is 11.3 Å². The van der Waals surface area contributed by atoms with Crippen LogP contribution in [0.3, 0.4) is 0 Å². The van der Waals surface area contributed by atoms with Crippen molar-refractivity contribution in [2.24, 2.45) is 0 Å². The highest BCUT2D eigenvalue weighted by Gasteiger charge is 2.23. The molecule has 0 bridgehead atoms. The number of hydrogen-bond acceptors (Lipinski definition) is 5. The second-order valence-corrected chi connectivity index (χ2v) is 6.44. The molecule has 2 rings (SSSR count). The number of pyridine rings is 1. The molecule has 2 aromatic rings. The molecule has 21 heavy (non-hydrogen) atoms. The maximum absolute atomic E-state index is 12.4.